The summed E-state index contributed by atoms with van der Waals surface area (Å²) in [5.74, 6) is 0.275. The predicted molar refractivity (Wildman–Crippen MR) is 123 cm³/mol. The highest BCUT2D eigenvalue weighted by Gasteiger charge is 2.67. The molecule has 2 unspecified atom stereocenters. The summed E-state index contributed by atoms with van der Waals surface area (Å²) < 4.78 is 31.2. The monoisotopic (exact) mass is 454 g/mol. The van der Waals surface area contributed by atoms with Gasteiger partial charge in [0.2, 0.25) is 0 Å². The first kappa shape index (κ1) is 25.9. The third-order valence-electron chi connectivity index (χ3n) is 7.37. The number of rotatable bonds is 9. The van der Waals surface area contributed by atoms with Gasteiger partial charge in [0, 0.05) is 19.3 Å². The third kappa shape index (κ3) is 6.05. The van der Waals surface area contributed by atoms with E-state index >= 15 is 0 Å². The molecular formula is C26H46O6. The second-order valence-corrected chi connectivity index (χ2v) is 13.2. The van der Waals surface area contributed by atoms with Gasteiger partial charge in [0.15, 0.2) is 0 Å². The van der Waals surface area contributed by atoms with Crippen LogP contribution in [0, 0.1) is 11.3 Å². The first-order valence-corrected chi connectivity index (χ1v) is 12.3. The van der Waals surface area contributed by atoms with Crippen LogP contribution in [0.25, 0.3) is 0 Å². The molecule has 0 saturated heterocycles. The van der Waals surface area contributed by atoms with E-state index < -0.39 is 22.2 Å². The topological polar surface area (TPSA) is 63.2 Å². The van der Waals surface area contributed by atoms with Crippen LogP contribution in [0.4, 0.5) is 0 Å². The van der Waals surface area contributed by atoms with Crippen molar-refractivity contribution >= 4 is 5.97 Å². The van der Waals surface area contributed by atoms with Crippen LogP contribution >= 0.6 is 0 Å². The summed E-state index contributed by atoms with van der Waals surface area (Å²) in [6.07, 6.45) is 5.75. The van der Waals surface area contributed by atoms with Crippen LogP contribution in [0.1, 0.15) is 107 Å². The van der Waals surface area contributed by atoms with Gasteiger partial charge in [0.05, 0.1) is 27.8 Å². The zero-order chi connectivity index (χ0) is 24.1. The lowest BCUT2D eigenvalue weighted by atomic mass is 9.50. The highest BCUT2D eigenvalue weighted by atomic mass is 16.7. The minimum absolute atomic E-state index is 0.121. The zero-order valence-electron chi connectivity index (χ0n) is 21.9. The van der Waals surface area contributed by atoms with Gasteiger partial charge in [0.25, 0.3) is 0 Å². The highest BCUT2D eigenvalue weighted by molar-refractivity contribution is 5.76. The first-order chi connectivity index (χ1) is 14.5. The predicted octanol–water partition coefficient (Wildman–Crippen LogP) is 5.76. The van der Waals surface area contributed by atoms with Gasteiger partial charge >= 0.3 is 5.97 Å². The van der Waals surface area contributed by atoms with Gasteiger partial charge < -0.3 is 23.7 Å². The Morgan fingerprint density at radius 3 is 1.56 bits per heavy atom. The summed E-state index contributed by atoms with van der Waals surface area (Å²) >= 11 is 0. The van der Waals surface area contributed by atoms with Crippen molar-refractivity contribution < 1.29 is 28.5 Å². The number of carbonyl (C=O) groups is 1. The van der Waals surface area contributed by atoms with Crippen molar-refractivity contribution in [2.75, 3.05) is 13.6 Å². The van der Waals surface area contributed by atoms with Gasteiger partial charge in [-0.05, 0) is 87.0 Å². The molecule has 4 aliphatic carbocycles. The number of hydrogen-bond acceptors (Lipinski definition) is 6. The maximum absolute atomic E-state index is 13.1. The SMILES string of the molecule is CCC(C)(C)C(=O)OC12CC3CC(OCOC(C)(C)C)(CC(OCOC(C)(C)C)(C3)C1)C2. The molecule has 4 rings (SSSR count). The highest BCUT2D eigenvalue weighted by Crippen LogP contribution is 2.63. The van der Waals surface area contributed by atoms with Gasteiger partial charge in [0.1, 0.15) is 19.2 Å². The van der Waals surface area contributed by atoms with Crippen LogP contribution in [0.2, 0.25) is 0 Å². The Kier molecular flexibility index (Phi) is 6.90. The third-order valence-corrected chi connectivity index (χ3v) is 7.37. The smallest absolute Gasteiger partial charge is 0.312 e. The van der Waals surface area contributed by atoms with Crippen molar-refractivity contribution in [3.8, 4) is 0 Å². The van der Waals surface area contributed by atoms with Gasteiger partial charge in [-0.25, -0.2) is 0 Å². The Morgan fingerprint density at radius 1 is 0.750 bits per heavy atom. The molecule has 0 heterocycles. The minimum atomic E-state index is -0.549. The molecule has 6 nitrogen and oxygen atoms in total. The molecule has 32 heavy (non-hydrogen) atoms. The lowest BCUT2D eigenvalue weighted by Gasteiger charge is -2.64. The molecule has 0 aliphatic heterocycles. The summed E-state index contributed by atoms with van der Waals surface area (Å²) in [5.41, 5.74) is -2.40. The molecule has 0 aromatic rings. The Hall–Kier alpha value is -0.690. The van der Waals surface area contributed by atoms with Crippen molar-refractivity contribution in [3.05, 3.63) is 0 Å². The maximum Gasteiger partial charge on any atom is 0.312 e. The standard InChI is InChI=1S/C26H46O6/c1-10-23(8,9)20(27)32-26-13-19-11-24(15-26,30-17-28-21(2,3)4)14-25(12-19,16-26)31-18-29-22(5,6)7/h19H,10-18H2,1-9H3. The second-order valence-electron chi connectivity index (χ2n) is 13.2. The van der Waals surface area contributed by atoms with E-state index in [1.54, 1.807) is 0 Å². The summed E-state index contributed by atoms with van der Waals surface area (Å²) in [4.78, 5) is 13.1. The van der Waals surface area contributed by atoms with Crippen LogP contribution in [0.15, 0.2) is 0 Å². The molecule has 6 heteroatoms. The van der Waals surface area contributed by atoms with Crippen LogP contribution in [-0.4, -0.2) is 47.6 Å². The van der Waals surface area contributed by atoms with Crippen LogP contribution in [0.3, 0.4) is 0 Å². The van der Waals surface area contributed by atoms with Crippen LogP contribution in [-0.2, 0) is 28.5 Å². The maximum atomic E-state index is 13.1. The summed E-state index contributed by atoms with van der Waals surface area (Å²) in [6.45, 7) is 18.6. The molecule has 4 bridgehead atoms. The Morgan fingerprint density at radius 2 is 1.16 bits per heavy atom. The molecule has 186 valence electrons. The summed E-state index contributed by atoms with van der Waals surface area (Å²) in [6, 6.07) is 0. The molecule has 0 radical (unpaired) electrons. The molecule has 0 aromatic carbocycles. The summed E-state index contributed by atoms with van der Waals surface area (Å²) in [7, 11) is 0. The first-order valence-electron chi connectivity index (χ1n) is 12.3. The van der Waals surface area contributed by atoms with E-state index in [1.165, 1.54) is 0 Å². The number of ether oxygens (including phenoxy) is 5. The molecule has 0 amide bonds. The average molecular weight is 455 g/mol. The van der Waals surface area contributed by atoms with Crippen molar-refractivity contribution in [2.45, 2.75) is 135 Å². The van der Waals surface area contributed by atoms with Crippen molar-refractivity contribution in [1.29, 1.82) is 0 Å². The van der Waals surface area contributed by atoms with Gasteiger partial charge in [-0.15, -0.1) is 0 Å². The van der Waals surface area contributed by atoms with E-state index in [4.69, 9.17) is 23.7 Å². The molecule has 4 saturated carbocycles. The second kappa shape index (κ2) is 8.51. The molecule has 0 spiro atoms. The fourth-order valence-electron chi connectivity index (χ4n) is 5.75. The Bertz CT molecular complexity index is 649. The van der Waals surface area contributed by atoms with Crippen molar-refractivity contribution in [3.63, 3.8) is 0 Å². The van der Waals surface area contributed by atoms with Crippen LogP contribution in [0.5, 0.6) is 0 Å². The zero-order valence-corrected chi connectivity index (χ0v) is 21.9. The van der Waals surface area contributed by atoms with E-state index in [0.29, 0.717) is 18.8 Å². The fourth-order valence-corrected chi connectivity index (χ4v) is 5.75. The van der Waals surface area contributed by atoms with Crippen molar-refractivity contribution in [2.24, 2.45) is 11.3 Å². The molecule has 4 aliphatic rings. The fraction of sp³-hybridized carbons (Fsp3) is 0.962. The van der Waals surface area contributed by atoms with E-state index in [-0.39, 0.29) is 30.8 Å². The van der Waals surface area contributed by atoms with Gasteiger partial charge in [-0.1, -0.05) is 6.92 Å². The largest absolute Gasteiger partial charge is 0.458 e. The number of hydrogen-bond donors (Lipinski definition) is 0. The van der Waals surface area contributed by atoms with E-state index in [9.17, 15) is 4.79 Å². The molecule has 4 fully saturated rings. The lowest BCUT2D eigenvalue weighted by molar-refractivity contribution is -0.317. The Balaban J connectivity index is 1.83. The minimum Gasteiger partial charge on any atom is -0.458 e. The lowest BCUT2D eigenvalue weighted by Crippen LogP contribution is -2.68. The van der Waals surface area contributed by atoms with E-state index in [0.717, 1.165) is 32.1 Å². The average Bonchev–Trinajstić information content (AvgIpc) is 2.57. The van der Waals surface area contributed by atoms with Gasteiger partial charge in [-0.3, -0.25) is 4.79 Å². The molecule has 0 aromatic heterocycles. The normalized spacial score (nSPS) is 34.7. The van der Waals surface area contributed by atoms with E-state index in [2.05, 4.69) is 0 Å². The van der Waals surface area contributed by atoms with Crippen molar-refractivity contribution in [1.82, 2.24) is 0 Å². The van der Waals surface area contributed by atoms with Crippen LogP contribution < -0.4 is 0 Å². The summed E-state index contributed by atoms with van der Waals surface area (Å²) in [5, 5.41) is 0. The molecular weight excluding hydrogens is 408 g/mol. The van der Waals surface area contributed by atoms with Gasteiger partial charge in [-0.2, -0.15) is 0 Å². The molecule has 2 atom stereocenters. The number of carbonyl (C=O) groups excluding carboxylic acids is 1. The number of esters is 1. The molecule has 0 N–H and O–H groups in total. The Labute approximate surface area is 195 Å². The quantitative estimate of drug-likeness (QED) is 0.326. The van der Waals surface area contributed by atoms with E-state index in [1.807, 2.05) is 62.3 Å².